The molecule has 1 unspecified atom stereocenters. The number of benzene rings is 3. The molecule has 37 heavy (non-hydrogen) atoms. The van der Waals surface area contributed by atoms with Crippen molar-refractivity contribution in [1.82, 2.24) is 14.7 Å². The van der Waals surface area contributed by atoms with E-state index in [0.717, 1.165) is 35.5 Å². The smallest absolute Gasteiger partial charge is 0.227 e. The van der Waals surface area contributed by atoms with Crippen molar-refractivity contribution in [2.75, 3.05) is 13.2 Å². The fraction of sp³-hybridized carbons (Fsp3) is 0.300. The molecule has 1 atom stereocenters. The van der Waals surface area contributed by atoms with Gasteiger partial charge in [0.15, 0.2) is 11.6 Å². The number of aliphatic hydroxyl groups excluding tert-OH is 1. The van der Waals surface area contributed by atoms with Crippen LogP contribution in [0.25, 0.3) is 5.69 Å². The minimum absolute atomic E-state index is 0.151. The molecule has 192 valence electrons. The van der Waals surface area contributed by atoms with Crippen LogP contribution in [-0.4, -0.2) is 45.1 Å². The minimum Gasteiger partial charge on any atom is -0.491 e. The first-order valence-corrected chi connectivity index (χ1v) is 12.8. The Morgan fingerprint density at radius 2 is 1.68 bits per heavy atom. The fourth-order valence-corrected chi connectivity index (χ4v) is 4.42. The second-order valence-corrected chi connectivity index (χ2v) is 9.30. The Labute approximate surface area is 216 Å². The van der Waals surface area contributed by atoms with E-state index in [1.165, 1.54) is 6.07 Å². The Hall–Kier alpha value is -3.68. The van der Waals surface area contributed by atoms with Crippen molar-refractivity contribution in [1.29, 1.82) is 0 Å². The number of nitrogens with zero attached hydrogens (tertiary/aromatic N) is 3. The van der Waals surface area contributed by atoms with Crippen molar-refractivity contribution in [2.45, 2.75) is 44.9 Å². The van der Waals surface area contributed by atoms with E-state index in [1.807, 2.05) is 60.7 Å². The number of aliphatic hydroxyl groups is 1. The Kier molecular flexibility index (Phi) is 7.82. The lowest BCUT2D eigenvalue weighted by molar-refractivity contribution is 0.0623. The first kappa shape index (κ1) is 25.0. The Bertz CT molecular complexity index is 1290. The van der Waals surface area contributed by atoms with Gasteiger partial charge < -0.3 is 14.6 Å². The summed E-state index contributed by atoms with van der Waals surface area (Å²) in [7, 11) is 0. The zero-order chi connectivity index (χ0) is 25.6. The summed E-state index contributed by atoms with van der Waals surface area (Å²) in [5.74, 6) is 0.948. The van der Waals surface area contributed by atoms with Gasteiger partial charge in [-0.15, -0.1) is 0 Å². The summed E-state index contributed by atoms with van der Waals surface area (Å²) >= 11 is 0. The molecule has 4 aromatic rings. The van der Waals surface area contributed by atoms with Gasteiger partial charge in [-0.3, -0.25) is 4.90 Å². The Morgan fingerprint density at radius 1 is 1.00 bits per heavy atom. The lowest BCUT2D eigenvalue weighted by Crippen LogP contribution is -2.37. The number of halogens is 1. The maximum Gasteiger partial charge on any atom is 0.227 e. The molecule has 7 heteroatoms. The van der Waals surface area contributed by atoms with Gasteiger partial charge in [0.05, 0.1) is 16.9 Å². The van der Waals surface area contributed by atoms with Crippen LogP contribution in [0, 0.1) is 5.82 Å². The van der Waals surface area contributed by atoms with Gasteiger partial charge in [0, 0.05) is 19.1 Å². The molecule has 1 heterocycles. The summed E-state index contributed by atoms with van der Waals surface area (Å²) < 4.78 is 28.4. The quantitative estimate of drug-likeness (QED) is 0.267. The molecule has 0 aliphatic heterocycles. The number of aromatic nitrogens is 2. The monoisotopic (exact) mass is 501 g/mol. The predicted molar refractivity (Wildman–Crippen MR) is 141 cm³/mol. The van der Waals surface area contributed by atoms with Crippen LogP contribution in [0.4, 0.5) is 4.39 Å². The highest BCUT2D eigenvalue weighted by Gasteiger charge is 2.33. The van der Waals surface area contributed by atoms with E-state index in [4.69, 9.17) is 14.6 Å². The number of ether oxygens (including phenoxy) is 2. The third-order valence-electron chi connectivity index (χ3n) is 6.45. The van der Waals surface area contributed by atoms with Crippen molar-refractivity contribution in [3.63, 3.8) is 0 Å². The molecule has 1 N–H and O–H groups in total. The Morgan fingerprint density at radius 3 is 2.35 bits per heavy atom. The van der Waals surface area contributed by atoms with Gasteiger partial charge >= 0.3 is 0 Å². The van der Waals surface area contributed by atoms with Crippen molar-refractivity contribution in [3.05, 3.63) is 102 Å². The molecule has 0 radical (unpaired) electrons. The highest BCUT2D eigenvalue weighted by atomic mass is 19.1. The molecule has 1 saturated carbocycles. The fourth-order valence-electron chi connectivity index (χ4n) is 4.42. The van der Waals surface area contributed by atoms with Crippen LogP contribution in [0.3, 0.4) is 0 Å². The molecule has 1 aromatic heterocycles. The standard InChI is InChI=1S/C30H32FN3O3/c1-2-28-26(20-33(22-17-18-22)19-24(35)21-36-25-13-7-4-8-14-25)30(37-29-16-10-9-15-27(29)31)34(32-28)23-11-5-3-6-12-23/h3-16,22,24,35H,2,17-21H2,1H3. The molecular weight excluding hydrogens is 469 g/mol. The number of aryl methyl sites for hydroxylation is 1. The van der Waals surface area contributed by atoms with E-state index < -0.39 is 11.9 Å². The van der Waals surface area contributed by atoms with Crippen LogP contribution < -0.4 is 9.47 Å². The zero-order valence-electron chi connectivity index (χ0n) is 21.0. The molecule has 0 amide bonds. The van der Waals surface area contributed by atoms with Crippen molar-refractivity contribution < 1.29 is 19.0 Å². The maximum atomic E-state index is 14.6. The van der Waals surface area contributed by atoms with Gasteiger partial charge in [-0.1, -0.05) is 55.5 Å². The lowest BCUT2D eigenvalue weighted by Gasteiger charge is -2.25. The predicted octanol–water partition coefficient (Wildman–Crippen LogP) is 5.77. The second kappa shape index (κ2) is 11.6. The van der Waals surface area contributed by atoms with Crippen LogP contribution in [0.1, 0.15) is 31.0 Å². The van der Waals surface area contributed by atoms with E-state index in [1.54, 1.807) is 22.9 Å². The van der Waals surface area contributed by atoms with Gasteiger partial charge in [0.2, 0.25) is 5.88 Å². The van der Waals surface area contributed by atoms with Crippen molar-refractivity contribution in [2.24, 2.45) is 0 Å². The molecule has 3 aromatic carbocycles. The summed E-state index contributed by atoms with van der Waals surface area (Å²) in [6.07, 6.45) is 2.18. The first-order chi connectivity index (χ1) is 18.1. The van der Waals surface area contributed by atoms with E-state index in [-0.39, 0.29) is 12.4 Å². The molecule has 1 aliphatic carbocycles. The molecule has 1 aliphatic rings. The second-order valence-electron chi connectivity index (χ2n) is 9.30. The largest absolute Gasteiger partial charge is 0.491 e. The summed E-state index contributed by atoms with van der Waals surface area (Å²) in [6.45, 7) is 3.25. The van der Waals surface area contributed by atoms with Crippen LogP contribution >= 0.6 is 0 Å². The highest BCUT2D eigenvalue weighted by Crippen LogP contribution is 2.36. The normalized spacial score (nSPS) is 14.1. The minimum atomic E-state index is -0.661. The molecule has 0 bridgehead atoms. The topological polar surface area (TPSA) is 59.8 Å². The average molecular weight is 502 g/mol. The van der Waals surface area contributed by atoms with Crippen LogP contribution in [0.2, 0.25) is 0 Å². The number of hydrogen-bond acceptors (Lipinski definition) is 5. The van der Waals surface area contributed by atoms with Crippen LogP contribution in [-0.2, 0) is 13.0 Å². The van der Waals surface area contributed by atoms with E-state index in [9.17, 15) is 9.50 Å². The summed E-state index contributed by atoms with van der Waals surface area (Å²) in [6, 6.07) is 26.0. The van der Waals surface area contributed by atoms with Gasteiger partial charge in [-0.05, 0) is 55.7 Å². The molecular formula is C30H32FN3O3. The highest BCUT2D eigenvalue weighted by molar-refractivity contribution is 5.44. The molecule has 1 fully saturated rings. The van der Waals surface area contributed by atoms with Gasteiger partial charge in [-0.25, -0.2) is 9.07 Å². The SMILES string of the molecule is CCc1nn(-c2ccccc2)c(Oc2ccccc2F)c1CN(CC(O)COc1ccccc1)C1CC1. The summed E-state index contributed by atoms with van der Waals surface area (Å²) in [5.41, 5.74) is 2.62. The first-order valence-electron chi connectivity index (χ1n) is 12.8. The summed E-state index contributed by atoms with van der Waals surface area (Å²) in [4.78, 5) is 2.26. The van der Waals surface area contributed by atoms with Gasteiger partial charge in [0.1, 0.15) is 18.5 Å². The number of hydrogen-bond donors (Lipinski definition) is 1. The molecule has 6 nitrogen and oxygen atoms in total. The third-order valence-corrected chi connectivity index (χ3v) is 6.45. The number of para-hydroxylation sites is 3. The van der Waals surface area contributed by atoms with E-state index in [2.05, 4.69) is 11.8 Å². The lowest BCUT2D eigenvalue weighted by atomic mass is 10.1. The average Bonchev–Trinajstić information content (AvgIpc) is 3.73. The van der Waals surface area contributed by atoms with Gasteiger partial charge in [0.25, 0.3) is 0 Å². The molecule has 5 rings (SSSR count). The van der Waals surface area contributed by atoms with E-state index >= 15 is 0 Å². The third kappa shape index (κ3) is 6.18. The zero-order valence-corrected chi connectivity index (χ0v) is 21.0. The van der Waals surface area contributed by atoms with Crippen molar-refractivity contribution in [3.8, 4) is 23.1 Å². The molecule has 0 saturated heterocycles. The summed E-state index contributed by atoms with van der Waals surface area (Å²) in [5, 5.41) is 15.7. The molecule has 0 spiro atoms. The van der Waals surface area contributed by atoms with Crippen molar-refractivity contribution >= 4 is 0 Å². The maximum absolute atomic E-state index is 14.6. The number of rotatable bonds is 12. The Balaban J connectivity index is 1.42. The van der Waals surface area contributed by atoms with E-state index in [0.29, 0.717) is 31.4 Å². The van der Waals surface area contributed by atoms with Crippen LogP contribution in [0.5, 0.6) is 17.4 Å². The van der Waals surface area contributed by atoms with Gasteiger partial charge in [-0.2, -0.15) is 5.10 Å². The van der Waals surface area contributed by atoms with Crippen LogP contribution in [0.15, 0.2) is 84.9 Å².